The minimum atomic E-state index is -4.38. The molecule has 3 N–H and O–H groups in total. The molecule has 0 spiro atoms. The Balaban J connectivity index is 3.97. The van der Waals surface area contributed by atoms with Gasteiger partial charge in [-0.3, -0.25) is 18.6 Å². The summed E-state index contributed by atoms with van der Waals surface area (Å²) in [4.78, 5) is 35.1. The fourth-order valence-electron chi connectivity index (χ4n) is 8.10. The lowest BCUT2D eigenvalue weighted by Gasteiger charge is -2.19. The first-order valence-corrected chi connectivity index (χ1v) is 28.7. The van der Waals surface area contributed by atoms with Crippen molar-refractivity contribution in [1.82, 2.24) is 0 Å². The van der Waals surface area contributed by atoms with E-state index in [9.17, 15) is 19.0 Å². The number of allylic oxidation sites excluding steroid dienone is 2. The van der Waals surface area contributed by atoms with Crippen LogP contribution in [0, 0.1) is 0 Å². The van der Waals surface area contributed by atoms with Gasteiger partial charge in [-0.2, -0.15) is 0 Å². The molecule has 9 nitrogen and oxygen atoms in total. The second-order valence-electron chi connectivity index (χ2n) is 18.5. The van der Waals surface area contributed by atoms with E-state index in [0.717, 1.165) is 32.1 Å². The van der Waals surface area contributed by atoms with E-state index in [1.165, 1.54) is 218 Å². The number of hydrogen-bond donors (Lipinski definition) is 2. The Labute approximate surface area is 389 Å². The SMILES string of the molecule is CCCCCCCCC=CCCCCCCCCCCCCCC(=O)O[C@H](COC(=O)CCCCCCCCCCCCCCCCCCCCCCC)COP(=O)(O)OCCN. The van der Waals surface area contributed by atoms with E-state index < -0.39 is 26.5 Å². The van der Waals surface area contributed by atoms with Crippen molar-refractivity contribution in [1.29, 1.82) is 0 Å². The maximum Gasteiger partial charge on any atom is 0.472 e. The zero-order valence-electron chi connectivity index (χ0n) is 41.6. The van der Waals surface area contributed by atoms with Gasteiger partial charge in [-0.25, -0.2) is 4.57 Å². The Morgan fingerprint density at radius 3 is 1.13 bits per heavy atom. The van der Waals surface area contributed by atoms with Gasteiger partial charge in [0.05, 0.1) is 13.2 Å². The standard InChI is InChI=1S/C53H104NO8P/c1-3-5-7-9-11-13-15-17-19-21-23-25-27-29-31-33-35-37-39-41-43-45-52(55)59-49-51(50-61-63(57,58)60-48-47-54)62-53(56)46-44-42-40-38-36-34-32-30-28-26-24-22-20-18-16-14-12-10-8-6-4-2/h18,20,51H,3-17,19,21-50,54H2,1-2H3,(H,57,58)/t51-/m1/s1. The van der Waals surface area contributed by atoms with Gasteiger partial charge in [0.2, 0.25) is 0 Å². The molecular weight excluding hydrogens is 810 g/mol. The molecule has 0 aliphatic rings. The molecule has 2 atom stereocenters. The van der Waals surface area contributed by atoms with Crippen LogP contribution in [0.2, 0.25) is 0 Å². The summed E-state index contributed by atoms with van der Waals surface area (Å²) in [7, 11) is -4.38. The largest absolute Gasteiger partial charge is 0.472 e. The molecule has 0 aromatic heterocycles. The van der Waals surface area contributed by atoms with E-state index in [-0.39, 0.29) is 38.6 Å². The van der Waals surface area contributed by atoms with Gasteiger partial charge < -0.3 is 20.1 Å². The molecule has 0 saturated heterocycles. The summed E-state index contributed by atoms with van der Waals surface area (Å²) in [5.41, 5.74) is 5.37. The first-order chi connectivity index (χ1) is 30.8. The van der Waals surface area contributed by atoms with Crippen molar-refractivity contribution in [2.75, 3.05) is 26.4 Å². The maximum absolute atomic E-state index is 12.7. The van der Waals surface area contributed by atoms with Crippen molar-refractivity contribution in [3.05, 3.63) is 12.2 Å². The average molecular weight is 914 g/mol. The Hall–Kier alpha value is -1.25. The zero-order chi connectivity index (χ0) is 46.0. The van der Waals surface area contributed by atoms with E-state index in [1.54, 1.807) is 0 Å². The minimum Gasteiger partial charge on any atom is -0.462 e. The van der Waals surface area contributed by atoms with Crippen molar-refractivity contribution in [3.63, 3.8) is 0 Å². The maximum atomic E-state index is 12.7. The van der Waals surface area contributed by atoms with Crippen LogP contribution in [0.15, 0.2) is 12.2 Å². The molecule has 10 heteroatoms. The first-order valence-electron chi connectivity index (χ1n) is 27.2. The third-order valence-electron chi connectivity index (χ3n) is 12.2. The first kappa shape index (κ1) is 61.8. The topological polar surface area (TPSA) is 134 Å². The molecule has 0 heterocycles. The fourth-order valence-corrected chi connectivity index (χ4v) is 8.87. The fraction of sp³-hybridized carbons (Fsp3) is 0.925. The number of phosphoric acid groups is 1. The Morgan fingerprint density at radius 1 is 0.460 bits per heavy atom. The van der Waals surface area contributed by atoms with E-state index in [1.807, 2.05) is 0 Å². The van der Waals surface area contributed by atoms with Gasteiger partial charge in [0, 0.05) is 19.4 Å². The molecule has 63 heavy (non-hydrogen) atoms. The molecule has 0 aromatic carbocycles. The Kier molecular flexibility index (Phi) is 49.2. The molecule has 374 valence electrons. The average Bonchev–Trinajstić information content (AvgIpc) is 3.27. The number of unbranched alkanes of at least 4 members (excludes halogenated alkanes) is 37. The number of ether oxygens (including phenoxy) is 2. The summed E-state index contributed by atoms with van der Waals surface area (Å²) < 4.78 is 33.0. The summed E-state index contributed by atoms with van der Waals surface area (Å²) in [6, 6.07) is 0. The van der Waals surface area contributed by atoms with Crippen molar-refractivity contribution in [2.45, 2.75) is 290 Å². The Morgan fingerprint density at radius 2 is 0.778 bits per heavy atom. The predicted molar refractivity (Wildman–Crippen MR) is 266 cm³/mol. The van der Waals surface area contributed by atoms with Gasteiger partial charge in [-0.1, -0.05) is 244 Å². The monoisotopic (exact) mass is 914 g/mol. The van der Waals surface area contributed by atoms with Crippen LogP contribution < -0.4 is 5.73 Å². The summed E-state index contributed by atoms with van der Waals surface area (Å²) in [5.74, 6) is -0.810. The number of nitrogens with two attached hydrogens (primary N) is 1. The number of esters is 2. The molecule has 0 aromatic rings. The van der Waals surface area contributed by atoms with Gasteiger partial charge in [-0.15, -0.1) is 0 Å². The lowest BCUT2D eigenvalue weighted by atomic mass is 10.0. The molecule has 0 saturated carbocycles. The highest BCUT2D eigenvalue weighted by Crippen LogP contribution is 2.43. The molecule has 0 aliphatic heterocycles. The van der Waals surface area contributed by atoms with Crippen LogP contribution >= 0.6 is 7.82 Å². The van der Waals surface area contributed by atoms with Crippen LogP contribution in [0.5, 0.6) is 0 Å². The molecule has 0 aliphatic carbocycles. The van der Waals surface area contributed by atoms with E-state index in [2.05, 4.69) is 26.0 Å². The number of phosphoric ester groups is 1. The van der Waals surface area contributed by atoms with Crippen LogP contribution in [0.25, 0.3) is 0 Å². The summed E-state index contributed by atoms with van der Waals surface area (Å²) >= 11 is 0. The zero-order valence-corrected chi connectivity index (χ0v) is 42.5. The van der Waals surface area contributed by atoms with Gasteiger partial charge in [-0.05, 0) is 38.5 Å². The van der Waals surface area contributed by atoms with E-state index in [0.29, 0.717) is 6.42 Å². The second-order valence-corrected chi connectivity index (χ2v) is 19.9. The molecule has 0 radical (unpaired) electrons. The number of hydrogen-bond acceptors (Lipinski definition) is 8. The van der Waals surface area contributed by atoms with Gasteiger partial charge in [0.25, 0.3) is 0 Å². The smallest absolute Gasteiger partial charge is 0.462 e. The Bertz CT molecular complexity index is 1040. The van der Waals surface area contributed by atoms with Crippen molar-refractivity contribution in [3.8, 4) is 0 Å². The molecular formula is C53H104NO8P. The quantitative estimate of drug-likeness (QED) is 0.0265. The van der Waals surface area contributed by atoms with Crippen LogP contribution in [-0.2, 0) is 32.7 Å². The highest BCUT2D eigenvalue weighted by atomic mass is 31.2. The molecule has 0 fully saturated rings. The van der Waals surface area contributed by atoms with Crippen LogP contribution in [0.1, 0.15) is 284 Å². The lowest BCUT2D eigenvalue weighted by molar-refractivity contribution is -0.161. The minimum absolute atomic E-state index is 0.0567. The van der Waals surface area contributed by atoms with Crippen molar-refractivity contribution in [2.24, 2.45) is 5.73 Å². The van der Waals surface area contributed by atoms with Crippen molar-refractivity contribution >= 4 is 19.8 Å². The van der Waals surface area contributed by atoms with E-state index in [4.69, 9.17) is 24.3 Å². The molecule has 0 rings (SSSR count). The predicted octanol–water partition coefficient (Wildman–Crippen LogP) is 16.5. The summed E-state index contributed by atoms with van der Waals surface area (Å²) in [6.45, 7) is 3.80. The van der Waals surface area contributed by atoms with Crippen LogP contribution in [0.3, 0.4) is 0 Å². The number of carbonyl (C=O) groups is 2. The molecule has 0 bridgehead atoms. The third-order valence-corrected chi connectivity index (χ3v) is 13.1. The van der Waals surface area contributed by atoms with Crippen LogP contribution in [-0.4, -0.2) is 49.3 Å². The van der Waals surface area contributed by atoms with Gasteiger partial charge >= 0.3 is 19.8 Å². The van der Waals surface area contributed by atoms with Gasteiger partial charge in [0.1, 0.15) is 6.61 Å². The number of rotatable bonds is 52. The van der Waals surface area contributed by atoms with Gasteiger partial charge in [0.15, 0.2) is 6.10 Å². The van der Waals surface area contributed by atoms with Crippen LogP contribution in [0.4, 0.5) is 0 Å². The lowest BCUT2D eigenvalue weighted by Crippen LogP contribution is -2.29. The summed E-state index contributed by atoms with van der Waals surface area (Å²) in [5, 5.41) is 0. The second kappa shape index (κ2) is 50.2. The number of carbonyl (C=O) groups excluding carboxylic acids is 2. The van der Waals surface area contributed by atoms with Crippen molar-refractivity contribution < 1.29 is 37.6 Å². The summed E-state index contributed by atoms with van der Waals surface area (Å²) in [6.07, 6.45) is 55.4. The highest BCUT2D eigenvalue weighted by molar-refractivity contribution is 7.47. The normalized spacial score (nSPS) is 13.1. The highest BCUT2D eigenvalue weighted by Gasteiger charge is 2.26. The van der Waals surface area contributed by atoms with E-state index >= 15 is 0 Å². The third kappa shape index (κ3) is 50.0. The molecule has 1 unspecified atom stereocenters. The molecule has 0 amide bonds.